The van der Waals surface area contributed by atoms with E-state index in [1.54, 1.807) is 24.3 Å². The molecular formula is C20H20Cl2N2O2. The summed E-state index contributed by atoms with van der Waals surface area (Å²) >= 11 is 11.7. The molecule has 26 heavy (non-hydrogen) atoms. The summed E-state index contributed by atoms with van der Waals surface area (Å²) in [5.74, 6) is -0.408. The summed E-state index contributed by atoms with van der Waals surface area (Å²) in [7, 11) is 0. The molecule has 0 aliphatic carbocycles. The molecule has 0 radical (unpaired) electrons. The fourth-order valence-electron chi connectivity index (χ4n) is 3.24. The van der Waals surface area contributed by atoms with Crippen molar-refractivity contribution in [1.29, 1.82) is 0 Å². The van der Waals surface area contributed by atoms with Gasteiger partial charge in [-0.1, -0.05) is 31.2 Å². The Morgan fingerprint density at radius 1 is 0.923 bits per heavy atom. The maximum absolute atomic E-state index is 12.7. The van der Waals surface area contributed by atoms with Crippen molar-refractivity contribution in [2.75, 3.05) is 16.9 Å². The van der Waals surface area contributed by atoms with E-state index in [2.05, 4.69) is 0 Å². The van der Waals surface area contributed by atoms with Crippen molar-refractivity contribution in [3.05, 3.63) is 65.2 Å². The zero-order valence-electron chi connectivity index (χ0n) is 14.5. The number of imide groups is 1. The van der Waals surface area contributed by atoms with Gasteiger partial charge in [0.15, 0.2) is 0 Å². The minimum absolute atomic E-state index is 0.176. The largest absolute Gasteiger partial charge is 0.344 e. The molecule has 0 saturated carbocycles. The van der Waals surface area contributed by atoms with Gasteiger partial charge < -0.3 is 4.90 Å². The predicted octanol–water partition coefficient (Wildman–Crippen LogP) is 4.50. The van der Waals surface area contributed by atoms with Crippen LogP contribution in [0.1, 0.15) is 39.6 Å². The zero-order valence-corrected chi connectivity index (χ0v) is 16.0. The quantitative estimate of drug-likeness (QED) is 0.396. The molecule has 2 aromatic rings. The van der Waals surface area contributed by atoms with E-state index in [9.17, 15) is 9.59 Å². The lowest BCUT2D eigenvalue weighted by Gasteiger charge is -2.25. The van der Waals surface area contributed by atoms with Crippen molar-refractivity contribution >= 4 is 40.7 Å². The van der Waals surface area contributed by atoms with E-state index in [0.717, 1.165) is 11.3 Å². The smallest absolute Gasteiger partial charge is 0.261 e. The number of anilines is 1. The molecule has 4 nitrogen and oxygen atoms in total. The molecule has 6 heteroatoms. The third kappa shape index (κ3) is 3.44. The fourth-order valence-corrected chi connectivity index (χ4v) is 3.77. The third-order valence-corrected chi connectivity index (χ3v) is 5.30. The maximum Gasteiger partial charge on any atom is 0.261 e. The van der Waals surface area contributed by atoms with Gasteiger partial charge in [-0.25, -0.2) is 0 Å². The Morgan fingerprint density at radius 2 is 1.46 bits per heavy atom. The maximum atomic E-state index is 12.7. The summed E-state index contributed by atoms with van der Waals surface area (Å²) in [5, 5.41) is 0. The SMILES string of the molecule is CCC(Cc1ccc(N(CCl)CCl)cc1)N1C(=O)c2ccccc2C1=O. The Kier molecular flexibility index (Phi) is 5.84. The van der Waals surface area contributed by atoms with Gasteiger partial charge in [0.1, 0.15) is 0 Å². The van der Waals surface area contributed by atoms with Crippen LogP contribution in [0.4, 0.5) is 5.69 Å². The van der Waals surface area contributed by atoms with Gasteiger partial charge >= 0.3 is 0 Å². The van der Waals surface area contributed by atoms with E-state index in [4.69, 9.17) is 23.2 Å². The molecule has 1 heterocycles. The molecule has 0 saturated heterocycles. The van der Waals surface area contributed by atoms with Gasteiger partial charge in [-0.3, -0.25) is 14.5 Å². The van der Waals surface area contributed by atoms with E-state index < -0.39 is 0 Å². The highest BCUT2D eigenvalue weighted by molar-refractivity contribution is 6.22. The molecule has 0 fully saturated rings. The molecule has 0 bridgehead atoms. The van der Waals surface area contributed by atoms with E-state index >= 15 is 0 Å². The first-order valence-corrected chi connectivity index (χ1v) is 9.60. The molecule has 136 valence electrons. The van der Waals surface area contributed by atoms with Crippen LogP contribution in [0, 0.1) is 0 Å². The molecule has 0 N–H and O–H groups in total. The minimum Gasteiger partial charge on any atom is -0.344 e. The molecule has 1 unspecified atom stereocenters. The van der Waals surface area contributed by atoms with Crippen LogP contribution in [-0.4, -0.2) is 34.8 Å². The van der Waals surface area contributed by atoms with Gasteiger partial charge in [0.25, 0.3) is 11.8 Å². The van der Waals surface area contributed by atoms with Gasteiger partial charge in [-0.15, -0.1) is 23.2 Å². The zero-order chi connectivity index (χ0) is 18.7. The minimum atomic E-state index is -0.204. The van der Waals surface area contributed by atoms with Crippen LogP contribution in [0.25, 0.3) is 0 Å². The summed E-state index contributed by atoms with van der Waals surface area (Å²) in [6.45, 7) is 1.99. The van der Waals surface area contributed by atoms with Gasteiger partial charge in [-0.2, -0.15) is 0 Å². The molecule has 2 aromatic carbocycles. The number of carbonyl (C=O) groups excluding carboxylic acids is 2. The van der Waals surface area contributed by atoms with Crippen molar-refractivity contribution in [3.8, 4) is 0 Å². The van der Waals surface area contributed by atoms with E-state index in [1.165, 1.54) is 4.90 Å². The number of benzene rings is 2. The summed E-state index contributed by atoms with van der Waals surface area (Å²) in [4.78, 5) is 28.6. The average molecular weight is 391 g/mol. The normalized spacial score (nSPS) is 14.5. The van der Waals surface area contributed by atoms with Crippen LogP contribution in [-0.2, 0) is 6.42 Å². The van der Waals surface area contributed by atoms with Gasteiger partial charge in [-0.05, 0) is 42.7 Å². The van der Waals surface area contributed by atoms with E-state index in [1.807, 2.05) is 36.1 Å². The van der Waals surface area contributed by atoms with Crippen LogP contribution in [0.2, 0.25) is 0 Å². The highest BCUT2D eigenvalue weighted by atomic mass is 35.5. The highest BCUT2D eigenvalue weighted by Crippen LogP contribution is 2.27. The third-order valence-electron chi connectivity index (χ3n) is 4.72. The molecule has 3 rings (SSSR count). The number of carbonyl (C=O) groups is 2. The van der Waals surface area contributed by atoms with Crippen molar-refractivity contribution in [1.82, 2.24) is 4.90 Å². The fraction of sp³-hybridized carbons (Fsp3) is 0.300. The molecule has 2 amide bonds. The van der Waals surface area contributed by atoms with E-state index in [0.29, 0.717) is 36.0 Å². The van der Waals surface area contributed by atoms with Crippen molar-refractivity contribution in [2.24, 2.45) is 0 Å². The average Bonchev–Trinajstić information content (AvgIpc) is 2.93. The first-order valence-electron chi connectivity index (χ1n) is 8.53. The number of alkyl halides is 2. The lowest BCUT2D eigenvalue weighted by atomic mass is 10.0. The summed E-state index contributed by atoms with van der Waals surface area (Å²) < 4.78 is 0. The summed E-state index contributed by atoms with van der Waals surface area (Å²) in [5.41, 5.74) is 2.98. The molecule has 0 aromatic heterocycles. The van der Waals surface area contributed by atoms with Crippen molar-refractivity contribution in [3.63, 3.8) is 0 Å². The number of hydrogen-bond donors (Lipinski definition) is 0. The second-order valence-corrected chi connectivity index (χ2v) is 6.72. The van der Waals surface area contributed by atoms with Crippen LogP contribution in [0.15, 0.2) is 48.5 Å². The molecule has 1 atom stereocenters. The van der Waals surface area contributed by atoms with Crippen LogP contribution in [0.3, 0.4) is 0 Å². The lowest BCUT2D eigenvalue weighted by Crippen LogP contribution is -2.40. The summed E-state index contributed by atoms with van der Waals surface area (Å²) in [6, 6.07) is 15.3. The number of amides is 2. The highest BCUT2D eigenvalue weighted by Gasteiger charge is 2.38. The Bertz CT molecular complexity index is 769. The topological polar surface area (TPSA) is 40.6 Å². The number of fused-ring (bicyclic) bond motifs is 1. The van der Waals surface area contributed by atoms with Crippen LogP contribution < -0.4 is 4.90 Å². The van der Waals surface area contributed by atoms with Gasteiger partial charge in [0, 0.05) is 11.7 Å². The standard InChI is InChI=1S/C20H20Cl2N2O2/c1-2-15(11-14-7-9-16(10-8-14)23(12-21)13-22)24-19(25)17-5-3-4-6-18(17)20(24)26/h3-10,15H,2,11-13H2,1H3. The monoisotopic (exact) mass is 390 g/mol. The summed E-state index contributed by atoms with van der Waals surface area (Å²) in [6.07, 6.45) is 1.31. The van der Waals surface area contributed by atoms with Crippen LogP contribution in [0.5, 0.6) is 0 Å². The second-order valence-electron chi connectivity index (χ2n) is 6.24. The van der Waals surface area contributed by atoms with Crippen molar-refractivity contribution in [2.45, 2.75) is 25.8 Å². The first kappa shape index (κ1) is 18.7. The molecule has 1 aliphatic rings. The molecular weight excluding hydrogens is 371 g/mol. The first-order chi connectivity index (χ1) is 12.6. The Labute approximate surface area is 163 Å². The van der Waals surface area contributed by atoms with Crippen LogP contribution >= 0.6 is 23.2 Å². The Balaban J connectivity index is 1.78. The number of hydrogen-bond acceptors (Lipinski definition) is 3. The second kappa shape index (κ2) is 8.11. The number of rotatable bonds is 7. The lowest BCUT2D eigenvalue weighted by molar-refractivity contribution is 0.0579. The van der Waals surface area contributed by atoms with Gasteiger partial charge in [0.05, 0.1) is 23.1 Å². The van der Waals surface area contributed by atoms with Crippen molar-refractivity contribution < 1.29 is 9.59 Å². The Morgan fingerprint density at radius 3 is 1.92 bits per heavy atom. The Hall–Kier alpha value is -2.04. The molecule has 0 spiro atoms. The number of halogens is 2. The van der Waals surface area contributed by atoms with Gasteiger partial charge in [0.2, 0.25) is 0 Å². The van der Waals surface area contributed by atoms with E-state index in [-0.39, 0.29) is 17.9 Å². The number of nitrogens with zero attached hydrogens (tertiary/aromatic N) is 2. The predicted molar refractivity (Wildman–Crippen MR) is 105 cm³/mol. The molecule has 1 aliphatic heterocycles.